The monoisotopic (exact) mass is 486 g/mol. The fourth-order valence-corrected chi connectivity index (χ4v) is 2.31. The molecule has 148 valence electrons. The molecule has 9 heteroatoms. The first-order chi connectivity index (χ1) is 12.7. The summed E-state index contributed by atoms with van der Waals surface area (Å²) in [5.41, 5.74) is 0.720. The third kappa shape index (κ3) is 9.27. The first-order valence-corrected chi connectivity index (χ1v) is 8.60. The average molecular weight is 486 g/mol. The van der Waals surface area contributed by atoms with Crippen molar-refractivity contribution in [3.8, 4) is 5.75 Å². The van der Waals surface area contributed by atoms with Gasteiger partial charge in [0.15, 0.2) is 5.96 Å². The molecular formula is C18H27IN6O2. The molecule has 0 aliphatic rings. The Kier molecular flexibility index (Phi) is 10.9. The number of hydrogen-bond acceptors (Lipinski definition) is 4. The summed E-state index contributed by atoms with van der Waals surface area (Å²) < 4.78 is 7.59. The van der Waals surface area contributed by atoms with Gasteiger partial charge < -0.3 is 20.7 Å². The van der Waals surface area contributed by atoms with Crippen molar-refractivity contribution in [2.45, 2.75) is 19.9 Å². The summed E-state index contributed by atoms with van der Waals surface area (Å²) in [5, 5.41) is 13.4. The zero-order valence-corrected chi connectivity index (χ0v) is 18.0. The normalized spacial score (nSPS) is 10.7. The third-order valence-corrected chi connectivity index (χ3v) is 3.46. The van der Waals surface area contributed by atoms with Crippen LogP contribution < -0.4 is 20.7 Å². The number of nitrogens with zero attached hydrogens (tertiary/aromatic N) is 3. The van der Waals surface area contributed by atoms with Crippen LogP contribution in [-0.4, -0.2) is 48.4 Å². The Bertz CT molecular complexity index is 706. The van der Waals surface area contributed by atoms with E-state index in [1.165, 1.54) is 6.92 Å². The van der Waals surface area contributed by atoms with E-state index in [0.29, 0.717) is 18.9 Å². The van der Waals surface area contributed by atoms with Gasteiger partial charge in [-0.2, -0.15) is 5.10 Å². The lowest BCUT2D eigenvalue weighted by Crippen LogP contribution is -2.39. The lowest BCUT2D eigenvalue weighted by atomic mass is 10.3. The number of aliphatic imine (C=N–C) groups is 1. The molecule has 0 aliphatic heterocycles. The van der Waals surface area contributed by atoms with Crippen molar-refractivity contribution in [3.05, 3.63) is 42.7 Å². The minimum atomic E-state index is -0.105. The zero-order valence-electron chi connectivity index (χ0n) is 15.6. The number of nitrogens with one attached hydrogen (secondary N) is 3. The molecule has 0 fully saturated rings. The van der Waals surface area contributed by atoms with E-state index >= 15 is 0 Å². The predicted molar refractivity (Wildman–Crippen MR) is 118 cm³/mol. The first-order valence-electron chi connectivity index (χ1n) is 8.60. The molecular weight excluding hydrogens is 459 g/mol. The van der Waals surface area contributed by atoms with Crippen LogP contribution in [0.5, 0.6) is 5.75 Å². The number of benzene rings is 1. The highest BCUT2D eigenvalue weighted by Crippen LogP contribution is 2.16. The Labute approximate surface area is 176 Å². The number of anilines is 1. The molecule has 1 amide bonds. The number of ether oxygens (including phenoxy) is 1. The van der Waals surface area contributed by atoms with E-state index in [2.05, 4.69) is 26.0 Å². The number of halogens is 1. The summed E-state index contributed by atoms with van der Waals surface area (Å²) in [6.45, 7) is 4.25. The van der Waals surface area contributed by atoms with E-state index in [4.69, 9.17) is 4.74 Å². The minimum absolute atomic E-state index is 0. The molecule has 27 heavy (non-hydrogen) atoms. The van der Waals surface area contributed by atoms with Crippen molar-refractivity contribution in [3.63, 3.8) is 0 Å². The van der Waals surface area contributed by atoms with E-state index in [-0.39, 0.29) is 29.9 Å². The fourth-order valence-electron chi connectivity index (χ4n) is 2.31. The third-order valence-electron chi connectivity index (χ3n) is 3.46. The SMILES string of the molecule is CN=C(NCCCn1cccn1)NCCOc1cccc(NC(C)=O)c1.I. The summed E-state index contributed by atoms with van der Waals surface area (Å²) in [7, 11) is 1.74. The minimum Gasteiger partial charge on any atom is -0.492 e. The average Bonchev–Trinajstić information content (AvgIpc) is 3.13. The second-order valence-electron chi connectivity index (χ2n) is 5.61. The van der Waals surface area contributed by atoms with Gasteiger partial charge in [-0.1, -0.05) is 6.07 Å². The van der Waals surface area contributed by atoms with Gasteiger partial charge in [0.1, 0.15) is 12.4 Å². The van der Waals surface area contributed by atoms with Crippen molar-refractivity contribution >= 4 is 41.5 Å². The van der Waals surface area contributed by atoms with Crippen molar-refractivity contribution in [1.82, 2.24) is 20.4 Å². The molecule has 0 aliphatic carbocycles. The Morgan fingerprint density at radius 1 is 1.26 bits per heavy atom. The summed E-state index contributed by atoms with van der Waals surface area (Å²) in [6, 6.07) is 9.23. The Morgan fingerprint density at radius 2 is 2.07 bits per heavy atom. The van der Waals surface area contributed by atoms with Crippen LogP contribution >= 0.6 is 24.0 Å². The Hall–Kier alpha value is -2.30. The van der Waals surface area contributed by atoms with Crippen LogP contribution in [0.2, 0.25) is 0 Å². The fraction of sp³-hybridized carbons (Fsp3) is 0.389. The number of guanidine groups is 1. The van der Waals surface area contributed by atoms with Gasteiger partial charge in [0.2, 0.25) is 5.91 Å². The van der Waals surface area contributed by atoms with Crippen LogP contribution in [0.15, 0.2) is 47.7 Å². The molecule has 8 nitrogen and oxygen atoms in total. The van der Waals surface area contributed by atoms with Crippen LogP contribution in [0.4, 0.5) is 5.69 Å². The maximum absolute atomic E-state index is 11.1. The molecule has 0 bridgehead atoms. The van der Waals surface area contributed by atoms with Gasteiger partial charge in [0, 0.05) is 51.2 Å². The van der Waals surface area contributed by atoms with E-state index < -0.39 is 0 Å². The molecule has 0 saturated heterocycles. The number of hydrogen-bond donors (Lipinski definition) is 3. The van der Waals surface area contributed by atoms with Gasteiger partial charge in [-0.15, -0.1) is 24.0 Å². The smallest absolute Gasteiger partial charge is 0.221 e. The summed E-state index contributed by atoms with van der Waals surface area (Å²) in [5.74, 6) is 1.34. The number of aryl methyl sites for hydroxylation is 1. The van der Waals surface area contributed by atoms with Crippen LogP contribution in [0.1, 0.15) is 13.3 Å². The molecule has 0 spiro atoms. The lowest BCUT2D eigenvalue weighted by Gasteiger charge is -2.13. The van der Waals surface area contributed by atoms with E-state index in [0.717, 1.165) is 31.2 Å². The maximum Gasteiger partial charge on any atom is 0.221 e. The lowest BCUT2D eigenvalue weighted by molar-refractivity contribution is -0.114. The molecule has 2 rings (SSSR count). The van der Waals surface area contributed by atoms with Crippen LogP contribution in [0.25, 0.3) is 0 Å². The molecule has 0 unspecified atom stereocenters. The molecule has 0 radical (unpaired) electrons. The van der Waals surface area contributed by atoms with Gasteiger partial charge >= 0.3 is 0 Å². The van der Waals surface area contributed by atoms with E-state index in [1.807, 2.05) is 35.1 Å². The number of aromatic nitrogens is 2. The van der Waals surface area contributed by atoms with Crippen LogP contribution in [0, 0.1) is 0 Å². The molecule has 0 atom stereocenters. The molecule has 2 aromatic rings. The zero-order chi connectivity index (χ0) is 18.6. The summed E-state index contributed by atoms with van der Waals surface area (Å²) in [6.07, 6.45) is 4.68. The van der Waals surface area contributed by atoms with Gasteiger partial charge in [-0.3, -0.25) is 14.5 Å². The number of rotatable bonds is 9. The maximum atomic E-state index is 11.1. The van der Waals surface area contributed by atoms with Crippen LogP contribution in [0.3, 0.4) is 0 Å². The second-order valence-corrected chi connectivity index (χ2v) is 5.61. The van der Waals surface area contributed by atoms with Crippen molar-refractivity contribution in [2.75, 3.05) is 32.1 Å². The quantitative estimate of drug-likeness (QED) is 0.219. The molecule has 1 aromatic carbocycles. The highest BCUT2D eigenvalue weighted by atomic mass is 127. The van der Waals surface area contributed by atoms with Crippen LogP contribution in [-0.2, 0) is 11.3 Å². The van der Waals surface area contributed by atoms with Crippen molar-refractivity contribution in [1.29, 1.82) is 0 Å². The van der Waals surface area contributed by atoms with E-state index in [9.17, 15) is 4.79 Å². The van der Waals surface area contributed by atoms with Gasteiger partial charge in [-0.25, -0.2) is 0 Å². The predicted octanol–water partition coefficient (Wildman–Crippen LogP) is 2.09. The van der Waals surface area contributed by atoms with Gasteiger partial charge in [-0.05, 0) is 24.6 Å². The Morgan fingerprint density at radius 3 is 2.78 bits per heavy atom. The highest BCUT2D eigenvalue weighted by molar-refractivity contribution is 14.0. The second kappa shape index (κ2) is 13.0. The van der Waals surface area contributed by atoms with Gasteiger partial charge in [0.05, 0.1) is 6.54 Å². The van der Waals surface area contributed by atoms with Gasteiger partial charge in [0.25, 0.3) is 0 Å². The number of carbonyl (C=O) groups excluding carboxylic acids is 1. The number of amides is 1. The highest BCUT2D eigenvalue weighted by Gasteiger charge is 2.00. The molecule has 3 N–H and O–H groups in total. The summed E-state index contributed by atoms with van der Waals surface area (Å²) in [4.78, 5) is 15.3. The first kappa shape index (κ1) is 22.7. The topological polar surface area (TPSA) is 92.6 Å². The molecule has 0 saturated carbocycles. The standard InChI is InChI=1S/C18H26N6O2.HI/c1-15(25)23-16-6-3-7-17(14-16)26-13-10-21-18(19-2)20-8-4-11-24-12-5-9-22-24;/h3,5-7,9,12,14H,4,8,10-11,13H2,1-2H3,(H,23,25)(H2,19,20,21);1H. The molecule has 1 heterocycles. The van der Waals surface area contributed by atoms with Crippen molar-refractivity contribution < 1.29 is 9.53 Å². The Balaban J connectivity index is 0.00000364. The number of carbonyl (C=O) groups is 1. The summed E-state index contributed by atoms with van der Waals surface area (Å²) >= 11 is 0. The largest absolute Gasteiger partial charge is 0.492 e. The van der Waals surface area contributed by atoms with E-state index in [1.54, 1.807) is 19.3 Å². The van der Waals surface area contributed by atoms with Crippen molar-refractivity contribution in [2.24, 2.45) is 4.99 Å². The molecule has 1 aromatic heterocycles.